The first-order valence-electron chi connectivity index (χ1n) is 8.60. The van der Waals surface area contributed by atoms with Crippen LogP contribution >= 0.6 is 0 Å². The summed E-state index contributed by atoms with van der Waals surface area (Å²) in [5, 5.41) is 14.8. The van der Waals surface area contributed by atoms with E-state index in [1.807, 2.05) is 0 Å². The molecule has 1 aliphatic heterocycles. The van der Waals surface area contributed by atoms with Crippen molar-refractivity contribution in [2.75, 3.05) is 7.11 Å². The van der Waals surface area contributed by atoms with E-state index in [0.717, 1.165) is 6.42 Å². The van der Waals surface area contributed by atoms with E-state index < -0.39 is 23.7 Å². The molecule has 0 spiro atoms. The summed E-state index contributed by atoms with van der Waals surface area (Å²) in [4.78, 5) is 12.6. The third-order valence-electron chi connectivity index (χ3n) is 5.03. The molecule has 26 heavy (non-hydrogen) atoms. The average Bonchev–Trinajstić information content (AvgIpc) is 2.74. The van der Waals surface area contributed by atoms with Crippen molar-refractivity contribution in [3.05, 3.63) is 29.8 Å². The van der Waals surface area contributed by atoms with Gasteiger partial charge in [-0.3, -0.25) is 4.79 Å². The number of hydrogen-bond acceptors (Lipinski definition) is 4. The van der Waals surface area contributed by atoms with Gasteiger partial charge in [0.05, 0.1) is 19.4 Å². The minimum atomic E-state index is -4.98. The highest BCUT2D eigenvalue weighted by Crippen LogP contribution is 2.47. The molecule has 0 saturated heterocycles. The number of hydrogen-bond donors (Lipinski definition) is 1. The van der Waals surface area contributed by atoms with E-state index in [1.54, 1.807) is 24.3 Å². The quantitative estimate of drug-likeness (QED) is 0.888. The van der Waals surface area contributed by atoms with Crippen LogP contribution in [0.3, 0.4) is 0 Å². The highest BCUT2D eigenvalue weighted by molar-refractivity contribution is 5.93. The second-order valence-electron chi connectivity index (χ2n) is 6.70. The van der Waals surface area contributed by atoms with Gasteiger partial charge < -0.3 is 9.84 Å². The molecule has 1 heterocycles. The SMILES string of the molecule is COc1ccc(CC(=O)N2N=C3CCCCC[C@@H]3[C@]2(O)C(F)(F)F)cc1. The monoisotopic (exact) mass is 370 g/mol. The van der Waals surface area contributed by atoms with E-state index in [-0.39, 0.29) is 23.6 Å². The zero-order chi connectivity index (χ0) is 18.9. The molecule has 0 aromatic heterocycles. The van der Waals surface area contributed by atoms with Crippen LogP contribution in [0, 0.1) is 5.92 Å². The molecule has 0 unspecified atom stereocenters. The molecule has 142 valence electrons. The number of carbonyl (C=O) groups is 1. The Kier molecular flexibility index (Phi) is 4.96. The zero-order valence-corrected chi connectivity index (χ0v) is 14.4. The Balaban J connectivity index is 1.88. The van der Waals surface area contributed by atoms with E-state index >= 15 is 0 Å². The number of methoxy groups -OCH3 is 1. The minimum Gasteiger partial charge on any atom is -0.497 e. The molecule has 1 aromatic carbocycles. The fraction of sp³-hybridized carbons (Fsp3) is 0.556. The maximum atomic E-state index is 13.8. The van der Waals surface area contributed by atoms with Gasteiger partial charge in [-0.25, -0.2) is 0 Å². The molecule has 3 rings (SSSR count). The van der Waals surface area contributed by atoms with Gasteiger partial charge in [0.25, 0.3) is 5.72 Å². The molecular formula is C18H21F3N2O3. The summed E-state index contributed by atoms with van der Waals surface area (Å²) in [6.45, 7) is 0. The summed E-state index contributed by atoms with van der Waals surface area (Å²) in [5.41, 5.74) is -2.48. The van der Waals surface area contributed by atoms with Gasteiger partial charge in [-0.2, -0.15) is 23.3 Å². The van der Waals surface area contributed by atoms with Gasteiger partial charge >= 0.3 is 6.18 Å². The van der Waals surface area contributed by atoms with Crippen molar-refractivity contribution in [1.82, 2.24) is 5.01 Å². The van der Waals surface area contributed by atoms with E-state index in [1.165, 1.54) is 7.11 Å². The Hall–Kier alpha value is -2.09. The summed E-state index contributed by atoms with van der Waals surface area (Å²) >= 11 is 0. The van der Waals surface area contributed by atoms with E-state index in [4.69, 9.17) is 4.74 Å². The predicted molar refractivity (Wildman–Crippen MR) is 88.6 cm³/mol. The molecule has 1 aliphatic carbocycles. The van der Waals surface area contributed by atoms with Crippen molar-refractivity contribution in [2.45, 2.75) is 50.4 Å². The summed E-state index contributed by atoms with van der Waals surface area (Å²) in [7, 11) is 1.49. The van der Waals surface area contributed by atoms with Gasteiger partial charge in [0.2, 0.25) is 5.91 Å². The molecule has 2 aliphatic rings. The molecule has 1 fully saturated rings. The van der Waals surface area contributed by atoms with Crippen molar-refractivity contribution in [3.63, 3.8) is 0 Å². The summed E-state index contributed by atoms with van der Waals surface area (Å²) in [5.74, 6) is -1.49. The molecular weight excluding hydrogens is 349 g/mol. The lowest BCUT2D eigenvalue weighted by molar-refractivity contribution is -0.316. The smallest absolute Gasteiger partial charge is 0.439 e. The number of aliphatic hydroxyl groups is 1. The van der Waals surface area contributed by atoms with Gasteiger partial charge in [-0.1, -0.05) is 25.0 Å². The normalized spacial score (nSPS) is 26.1. The minimum absolute atomic E-state index is 0.168. The zero-order valence-electron chi connectivity index (χ0n) is 14.4. The number of ether oxygens (including phenoxy) is 1. The fourth-order valence-electron chi connectivity index (χ4n) is 3.63. The van der Waals surface area contributed by atoms with Gasteiger partial charge in [-0.15, -0.1) is 0 Å². The highest BCUT2D eigenvalue weighted by Gasteiger charge is 2.68. The maximum Gasteiger partial charge on any atom is 0.439 e. The third-order valence-corrected chi connectivity index (χ3v) is 5.03. The van der Waals surface area contributed by atoms with Crippen molar-refractivity contribution in [1.29, 1.82) is 0 Å². The van der Waals surface area contributed by atoms with Gasteiger partial charge in [0.1, 0.15) is 5.75 Å². The average molecular weight is 370 g/mol. The van der Waals surface area contributed by atoms with Crippen LogP contribution in [0.5, 0.6) is 5.75 Å². The van der Waals surface area contributed by atoms with Crippen LogP contribution in [0.15, 0.2) is 29.4 Å². The van der Waals surface area contributed by atoms with Crippen LogP contribution in [-0.2, 0) is 11.2 Å². The molecule has 2 atom stereocenters. The van der Waals surface area contributed by atoms with Crippen molar-refractivity contribution in [2.24, 2.45) is 11.0 Å². The Morgan fingerprint density at radius 1 is 1.31 bits per heavy atom. The number of rotatable bonds is 3. The molecule has 0 bridgehead atoms. The maximum absolute atomic E-state index is 13.8. The second kappa shape index (κ2) is 6.90. The molecule has 1 aromatic rings. The standard InChI is InChI=1S/C18H21F3N2O3/c1-26-13-9-7-12(8-10-13)11-16(24)23-17(25,18(19,20)21)14-5-3-2-4-6-15(14)22-23/h7-10,14,25H,2-6,11H2,1H3/t14-,17-/m0/s1. The molecule has 1 amide bonds. The Morgan fingerprint density at radius 3 is 2.62 bits per heavy atom. The van der Waals surface area contributed by atoms with Gasteiger partial charge in [-0.05, 0) is 37.0 Å². The van der Waals surface area contributed by atoms with E-state index in [2.05, 4.69) is 5.10 Å². The Labute approximate surface area is 149 Å². The van der Waals surface area contributed by atoms with Crippen molar-refractivity contribution in [3.8, 4) is 5.75 Å². The van der Waals surface area contributed by atoms with Crippen LogP contribution in [0.1, 0.15) is 37.7 Å². The van der Waals surface area contributed by atoms with Crippen LogP contribution in [0.25, 0.3) is 0 Å². The van der Waals surface area contributed by atoms with Gasteiger partial charge in [0.15, 0.2) is 0 Å². The predicted octanol–water partition coefficient (Wildman–Crippen LogP) is 3.27. The van der Waals surface area contributed by atoms with Crippen molar-refractivity contribution >= 4 is 11.6 Å². The lowest BCUT2D eigenvalue weighted by atomic mass is 9.87. The second-order valence-corrected chi connectivity index (χ2v) is 6.70. The first kappa shape index (κ1) is 18.7. The number of halogens is 3. The first-order chi connectivity index (χ1) is 12.3. The third kappa shape index (κ3) is 3.18. The van der Waals surface area contributed by atoms with Gasteiger partial charge in [0, 0.05) is 5.71 Å². The highest BCUT2D eigenvalue weighted by atomic mass is 19.4. The lowest BCUT2D eigenvalue weighted by Gasteiger charge is -2.37. The largest absolute Gasteiger partial charge is 0.497 e. The number of nitrogens with zero attached hydrogens (tertiary/aromatic N) is 2. The number of alkyl halides is 3. The molecule has 1 saturated carbocycles. The van der Waals surface area contributed by atoms with E-state index in [0.29, 0.717) is 30.6 Å². The summed E-state index contributed by atoms with van der Waals surface area (Å²) in [6.07, 6.45) is -2.65. The number of carbonyl (C=O) groups excluding carboxylic acids is 1. The number of benzene rings is 1. The topological polar surface area (TPSA) is 62.1 Å². The number of fused-ring (bicyclic) bond motifs is 1. The first-order valence-corrected chi connectivity index (χ1v) is 8.60. The summed E-state index contributed by atoms with van der Waals surface area (Å²) < 4.78 is 46.3. The molecule has 8 heteroatoms. The van der Waals surface area contributed by atoms with E-state index in [9.17, 15) is 23.1 Å². The number of amides is 1. The Morgan fingerprint density at radius 2 is 2.00 bits per heavy atom. The lowest BCUT2D eigenvalue weighted by Crippen LogP contribution is -2.61. The Bertz CT molecular complexity index is 703. The number of hydrazone groups is 1. The van der Waals surface area contributed by atoms with Crippen LogP contribution in [0.4, 0.5) is 13.2 Å². The van der Waals surface area contributed by atoms with Crippen molar-refractivity contribution < 1.29 is 27.8 Å². The van der Waals surface area contributed by atoms with Crippen LogP contribution in [0.2, 0.25) is 0 Å². The summed E-state index contributed by atoms with van der Waals surface area (Å²) in [6, 6.07) is 6.45. The van der Waals surface area contributed by atoms with Crippen LogP contribution in [-0.4, -0.2) is 40.7 Å². The van der Waals surface area contributed by atoms with Crippen LogP contribution < -0.4 is 4.74 Å². The molecule has 0 radical (unpaired) electrons. The molecule has 5 nitrogen and oxygen atoms in total. The fourth-order valence-corrected chi connectivity index (χ4v) is 3.63. The molecule has 1 N–H and O–H groups in total.